The molecule has 0 amide bonds. The zero-order valence-corrected chi connectivity index (χ0v) is 8.68. The second-order valence-corrected chi connectivity index (χ2v) is 3.28. The van der Waals surface area contributed by atoms with Gasteiger partial charge in [-0.1, -0.05) is 30.3 Å². The second-order valence-electron chi connectivity index (χ2n) is 3.28. The fourth-order valence-electron chi connectivity index (χ4n) is 1.55. The Balaban J connectivity index is 2.66. The Morgan fingerprint density at radius 3 is 2.31 bits per heavy atom. The molecule has 0 saturated carbocycles. The Labute approximate surface area is 93.0 Å². The number of nitriles is 2. The normalized spacial score (nSPS) is 9.44. The number of hydrogen-bond acceptors (Lipinski definition) is 3. The summed E-state index contributed by atoms with van der Waals surface area (Å²) in [6, 6.07) is 13.4. The summed E-state index contributed by atoms with van der Waals surface area (Å²) < 4.78 is 1.63. The van der Waals surface area contributed by atoms with Gasteiger partial charge in [0, 0.05) is 12.6 Å². The summed E-state index contributed by atoms with van der Waals surface area (Å²) in [6.07, 6.45) is 0. The van der Waals surface area contributed by atoms with Crippen LogP contribution in [0.4, 0.5) is 0 Å². The first-order valence-corrected chi connectivity index (χ1v) is 4.70. The van der Waals surface area contributed by atoms with Gasteiger partial charge in [-0.15, -0.1) is 0 Å². The van der Waals surface area contributed by atoms with Gasteiger partial charge in [0.2, 0.25) is 0 Å². The molecular weight excluding hydrogens is 200 g/mol. The van der Waals surface area contributed by atoms with Crippen LogP contribution in [0, 0.1) is 22.7 Å². The largest absolute Gasteiger partial charge is 0.318 e. The molecule has 0 spiro atoms. The predicted octanol–water partition coefficient (Wildman–Crippen LogP) is 1.83. The smallest absolute Gasteiger partial charge is 0.177 e. The number of benzene rings is 1. The highest BCUT2D eigenvalue weighted by Crippen LogP contribution is 2.20. The molecule has 1 aromatic heterocycles. The van der Waals surface area contributed by atoms with Gasteiger partial charge in [-0.2, -0.15) is 10.5 Å². The van der Waals surface area contributed by atoms with E-state index in [-0.39, 0.29) is 5.69 Å². The minimum atomic E-state index is 0.170. The Morgan fingerprint density at radius 2 is 1.81 bits per heavy atom. The number of nitrogens with zero attached hydrogens (tertiary/aromatic N) is 4. The average molecular weight is 208 g/mol. The molecule has 4 heteroatoms. The molecule has 0 aliphatic rings. The van der Waals surface area contributed by atoms with Crippen molar-refractivity contribution in [3.8, 4) is 23.5 Å². The molecule has 0 radical (unpaired) electrons. The standard InChI is InChI=1S/C12H8N4/c1-16-11(8-14)10(7-13)15-12(16)9-5-3-2-4-6-9/h2-6H,1H3. The van der Waals surface area contributed by atoms with Gasteiger partial charge in [0.05, 0.1) is 0 Å². The molecule has 0 atom stereocenters. The Morgan fingerprint density at radius 1 is 1.12 bits per heavy atom. The van der Waals surface area contributed by atoms with Crippen LogP contribution in [0.15, 0.2) is 30.3 Å². The number of imidazole rings is 1. The third-order valence-corrected chi connectivity index (χ3v) is 2.34. The van der Waals surface area contributed by atoms with E-state index >= 15 is 0 Å². The first kappa shape index (κ1) is 9.95. The summed E-state index contributed by atoms with van der Waals surface area (Å²) >= 11 is 0. The molecule has 76 valence electrons. The van der Waals surface area contributed by atoms with Crippen LogP contribution >= 0.6 is 0 Å². The molecule has 2 rings (SSSR count). The molecule has 1 heterocycles. The van der Waals surface area contributed by atoms with Crippen molar-refractivity contribution in [1.29, 1.82) is 10.5 Å². The van der Waals surface area contributed by atoms with Crippen molar-refractivity contribution in [3.05, 3.63) is 41.7 Å². The molecule has 16 heavy (non-hydrogen) atoms. The molecule has 0 N–H and O–H groups in total. The van der Waals surface area contributed by atoms with Crippen LogP contribution in [0.25, 0.3) is 11.4 Å². The lowest BCUT2D eigenvalue weighted by Gasteiger charge is -2.00. The van der Waals surface area contributed by atoms with E-state index in [1.165, 1.54) is 0 Å². The summed E-state index contributed by atoms with van der Waals surface area (Å²) in [7, 11) is 1.73. The van der Waals surface area contributed by atoms with Crippen molar-refractivity contribution in [2.75, 3.05) is 0 Å². The van der Waals surface area contributed by atoms with E-state index in [1.807, 2.05) is 42.5 Å². The maximum atomic E-state index is 8.93. The topological polar surface area (TPSA) is 65.4 Å². The Bertz CT molecular complexity index is 596. The van der Waals surface area contributed by atoms with E-state index in [9.17, 15) is 0 Å². The molecule has 0 aliphatic heterocycles. The van der Waals surface area contributed by atoms with E-state index in [1.54, 1.807) is 11.6 Å². The van der Waals surface area contributed by atoms with Crippen molar-refractivity contribution in [3.63, 3.8) is 0 Å². The Kier molecular flexibility index (Phi) is 2.41. The van der Waals surface area contributed by atoms with E-state index < -0.39 is 0 Å². The van der Waals surface area contributed by atoms with Gasteiger partial charge >= 0.3 is 0 Å². The van der Waals surface area contributed by atoms with Crippen molar-refractivity contribution in [2.24, 2.45) is 7.05 Å². The van der Waals surface area contributed by atoms with E-state index in [4.69, 9.17) is 10.5 Å². The minimum Gasteiger partial charge on any atom is -0.318 e. The van der Waals surface area contributed by atoms with Crippen molar-refractivity contribution in [1.82, 2.24) is 9.55 Å². The quantitative estimate of drug-likeness (QED) is 0.718. The number of rotatable bonds is 1. The zero-order chi connectivity index (χ0) is 11.5. The minimum absolute atomic E-state index is 0.170. The monoisotopic (exact) mass is 208 g/mol. The van der Waals surface area contributed by atoms with E-state index in [2.05, 4.69) is 4.98 Å². The highest BCUT2D eigenvalue weighted by Gasteiger charge is 2.14. The van der Waals surface area contributed by atoms with Gasteiger partial charge in [0.15, 0.2) is 11.4 Å². The van der Waals surface area contributed by atoms with Gasteiger partial charge in [-0.3, -0.25) is 0 Å². The first-order chi connectivity index (χ1) is 7.77. The van der Waals surface area contributed by atoms with E-state index in [0.29, 0.717) is 11.5 Å². The van der Waals surface area contributed by atoms with Gasteiger partial charge < -0.3 is 4.57 Å². The summed E-state index contributed by atoms with van der Waals surface area (Å²) in [5.41, 5.74) is 1.35. The maximum Gasteiger partial charge on any atom is 0.177 e. The van der Waals surface area contributed by atoms with Crippen LogP contribution in [0.3, 0.4) is 0 Å². The maximum absolute atomic E-state index is 8.93. The lowest BCUT2D eigenvalue weighted by atomic mass is 10.2. The van der Waals surface area contributed by atoms with Gasteiger partial charge in [-0.25, -0.2) is 4.98 Å². The van der Waals surface area contributed by atoms with Crippen molar-refractivity contribution >= 4 is 0 Å². The summed E-state index contributed by atoms with van der Waals surface area (Å²) in [6.45, 7) is 0. The zero-order valence-electron chi connectivity index (χ0n) is 8.68. The van der Waals surface area contributed by atoms with Crippen LogP contribution < -0.4 is 0 Å². The molecule has 0 unspecified atom stereocenters. The summed E-state index contributed by atoms with van der Waals surface area (Å²) in [4.78, 5) is 4.15. The molecule has 0 saturated heterocycles. The molecule has 0 aliphatic carbocycles. The van der Waals surface area contributed by atoms with Crippen LogP contribution in [0.2, 0.25) is 0 Å². The summed E-state index contributed by atoms with van der Waals surface area (Å²) in [5, 5.41) is 17.8. The highest BCUT2D eigenvalue weighted by atomic mass is 15.1. The number of aromatic nitrogens is 2. The second kappa shape index (κ2) is 3.88. The van der Waals surface area contributed by atoms with Crippen LogP contribution in [-0.2, 0) is 7.05 Å². The van der Waals surface area contributed by atoms with Crippen LogP contribution in [0.1, 0.15) is 11.4 Å². The van der Waals surface area contributed by atoms with Gasteiger partial charge in [0.25, 0.3) is 0 Å². The third kappa shape index (κ3) is 1.43. The molecule has 2 aromatic rings. The van der Waals surface area contributed by atoms with Crippen LogP contribution in [0.5, 0.6) is 0 Å². The average Bonchev–Trinajstić information content (AvgIpc) is 2.66. The first-order valence-electron chi connectivity index (χ1n) is 4.70. The highest BCUT2D eigenvalue weighted by molar-refractivity contribution is 5.59. The Hall–Kier alpha value is -2.59. The van der Waals surface area contributed by atoms with Gasteiger partial charge in [-0.05, 0) is 0 Å². The molecule has 0 bridgehead atoms. The SMILES string of the molecule is Cn1c(-c2ccccc2)nc(C#N)c1C#N. The van der Waals surface area contributed by atoms with E-state index in [0.717, 1.165) is 5.56 Å². The third-order valence-electron chi connectivity index (χ3n) is 2.34. The van der Waals surface area contributed by atoms with Gasteiger partial charge in [0.1, 0.15) is 18.0 Å². The number of hydrogen-bond donors (Lipinski definition) is 0. The fraction of sp³-hybridized carbons (Fsp3) is 0.0833. The van der Waals surface area contributed by atoms with Crippen molar-refractivity contribution in [2.45, 2.75) is 0 Å². The van der Waals surface area contributed by atoms with Crippen LogP contribution in [-0.4, -0.2) is 9.55 Å². The molecule has 4 nitrogen and oxygen atoms in total. The summed E-state index contributed by atoms with van der Waals surface area (Å²) in [5.74, 6) is 0.633. The lowest BCUT2D eigenvalue weighted by Crippen LogP contribution is -1.95. The molecule has 1 aromatic carbocycles. The predicted molar refractivity (Wildman–Crippen MR) is 58.1 cm³/mol. The molecule has 0 fully saturated rings. The lowest BCUT2D eigenvalue weighted by molar-refractivity contribution is 0.907. The molecular formula is C12H8N4. The van der Waals surface area contributed by atoms with Crippen molar-refractivity contribution < 1.29 is 0 Å². The fourth-order valence-corrected chi connectivity index (χ4v) is 1.55.